The van der Waals surface area contributed by atoms with Crippen molar-refractivity contribution in [2.45, 2.75) is 12.5 Å². The fraction of sp³-hybridized carbons (Fsp3) is 0.214. The molecule has 21 heavy (non-hydrogen) atoms. The maximum absolute atomic E-state index is 12.1. The Bertz CT molecular complexity index is 624. The van der Waals surface area contributed by atoms with Gasteiger partial charge < -0.3 is 15.5 Å². The summed E-state index contributed by atoms with van der Waals surface area (Å²) in [6, 6.07) is 9.24. The number of carboxylic acid groups (broad SMARTS) is 1. The van der Waals surface area contributed by atoms with Crippen molar-refractivity contribution in [1.82, 2.24) is 14.9 Å². The quantitative estimate of drug-likeness (QED) is 0.715. The van der Waals surface area contributed by atoms with Gasteiger partial charge in [-0.1, -0.05) is 18.2 Å². The van der Waals surface area contributed by atoms with Gasteiger partial charge in [-0.2, -0.15) is 0 Å². The molecule has 0 saturated carbocycles. The molecule has 0 fully saturated rings. The van der Waals surface area contributed by atoms with E-state index in [1.54, 1.807) is 4.57 Å². The second-order valence-corrected chi connectivity index (χ2v) is 4.38. The Kier molecular flexibility index (Phi) is 4.68. The van der Waals surface area contributed by atoms with Crippen LogP contribution in [-0.4, -0.2) is 44.3 Å². The lowest BCUT2D eigenvalue weighted by Crippen LogP contribution is -2.31. The highest BCUT2D eigenvalue weighted by Crippen LogP contribution is 2.10. The number of rotatable bonds is 6. The summed E-state index contributed by atoms with van der Waals surface area (Å²) in [5, 5.41) is 20.2. The Morgan fingerprint density at radius 1 is 1.29 bits per heavy atom. The minimum atomic E-state index is -1.48. The Morgan fingerprint density at radius 3 is 2.67 bits per heavy atom. The van der Waals surface area contributed by atoms with Crippen LogP contribution in [0.4, 0.5) is 0 Å². The summed E-state index contributed by atoms with van der Waals surface area (Å²) < 4.78 is 1.63. The molecule has 7 nitrogen and oxygen atoms in total. The first-order valence-corrected chi connectivity index (χ1v) is 6.36. The summed E-state index contributed by atoms with van der Waals surface area (Å²) in [6.07, 6.45) is 1.41. The summed E-state index contributed by atoms with van der Waals surface area (Å²) in [7, 11) is 0. The van der Waals surface area contributed by atoms with Gasteiger partial charge in [0.25, 0.3) is 5.91 Å². The van der Waals surface area contributed by atoms with Crippen LogP contribution in [0.5, 0.6) is 0 Å². The topological polar surface area (TPSA) is 104 Å². The van der Waals surface area contributed by atoms with Crippen LogP contribution >= 0.6 is 0 Å². The van der Waals surface area contributed by atoms with Crippen LogP contribution in [0.15, 0.2) is 42.9 Å². The van der Waals surface area contributed by atoms with E-state index in [2.05, 4.69) is 10.3 Å². The monoisotopic (exact) mass is 289 g/mol. The lowest BCUT2D eigenvalue weighted by atomic mass is 10.2. The van der Waals surface area contributed by atoms with Crippen LogP contribution in [0, 0.1) is 0 Å². The van der Waals surface area contributed by atoms with E-state index in [1.807, 2.05) is 30.3 Å². The number of aliphatic hydroxyl groups is 1. The van der Waals surface area contributed by atoms with Crippen LogP contribution in [0.1, 0.15) is 16.9 Å². The van der Waals surface area contributed by atoms with Gasteiger partial charge in [0.05, 0.1) is 12.5 Å². The van der Waals surface area contributed by atoms with Gasteiger partial charge in [0.15, 0.2) is 6.10 Å². The van der Waals surface area contributed by atoms with Crippen LogP contribution in [0.25, 0.3) is 5.69 Å². The predicted octanol–water partition coefficient (Wildman–Crippen LogP) is 0.438. The minimum absolute atomic E-state index is 0.0550. The zero-order valence-corrected chi connectivity index (χ0v) is 11.1. The Morgan fingerprint density at radius 2 is 2.00 bits per heavy atom. The number of aliphatic carboxylic acids is 1. The Hall–Kier alpha value is -2.67. The first kappa shape index (κ1) is 14.7. The number of para-hydroxylation sites is 1. The summed E-state index contributed by atoms with van der Waals surface area (Å²) in [6.45, 7) is 0.0618. The molecule has 0 aliphatic heterocycles. The smallest absolute Gasteiger partial charge is 0.332 e. The third kappa shape index (κ3) is 3.67. The van der Waals surface area contributed by atoms with E-state index in [9.17, 15) is 9.59 Å². The number of hydrogen-bond donors (Lipinski definition) is 3. The SMILES string of the molecule is O=C(NCC[C@H](O)C(=O)O)c1cncn1-c1ccccc1. The Balaban J connectivity index is 2.01. The van der Waals surface area contributed by atoms with Crippen LogP contribution < -0.4 is 5.32 Å². The molecule has 0 aliphatic carbocycles. The molecule has 2 rings (SSSR count). The van der Waals surface area contributed by atoms with Crippen molar-refractivity contribution in [3.05, 3.63) is 48.5 Å². The molecule has 3 N–H and O–H groups in total. The van der Waals surface area contributed by atoms with Crippen LogP contribution in [-0.2, 0) is 4.79 Å². The molecule has 0 unspecified atom stereocenters. The average Bonchev–Trinajstić information content (AvgIpc) is 2.97. The van der Waals surface area contributed by atoms with Crippen molar-refractivity contribution in [2.75, 3.05) is 6.54 Å². The number of nitrogens with zero attached hydrogens (tertiary/aromatic N) is 2. The van der Waals surface area contributed by atoms with E-state index in [1.165, 1.54) is 12.5 Å². The first-order chi connectivity index (χ1) is 10.1. The van der Waals surface area contributed by atoms with Crippen molar-refractivity contribution in [3.63, 3.8) is 0 Å². The van der Waals surface area contributed by atoms with E-state index < -0.39 is 12.1 Å². The molecular weight excluding hydrogens is 274 g/mol. The molecule has 1 heterocycles. The van der Waals surface area contributed by atoms with Crippen molar-refractivity contribution in [3.8, 4) is 5.69 Å². The summed E-state index contributed by atoms with van der Waals surface area (Å²) in [5.41, 5.74) is 1.14. The van der Waals surface area contributed by atoms with E-state index >= 15 is 0 Å². The molecular formula is C14H15N3O4. The second kappa shape index (κ2) is 6.67. The molecule has 0 spiro atoms. The predicted molar refractivity (Wildman–Crippen MR) is 74.2 cm³/mol. The number of imidazole rings is 1. The van der Waals surface area contributed by atoms with Crippen molar-refractivity contribution < 1.29 is 19.8 Å². The largest absolute Gasteiger partial charge is 0.479 e. The van der Waals surface area contributed by atoms with Crippen LogP contribution in [0.3, 0.4) is 0 Å². The van der Waals surface area contributed by atoms with E-state index in [0.717, 1.165) is 5.69 Å². The number of aliphatic hydroxyl groups excluding tert-OH is 1. The number of carbonyl (C=O) groups excluding carboxylic acids is 1. The maximum Gasteiger partial charge on any atom is 0.332 e. The van der Waals surface area contributed by atoms with E-state index in [4.69, 9.17) is 10.2 Å². The van der Waals surface area contributed by atoms with Gasteiger partial charge in [-0.25, -0.2) is 9.78 Å². The number of carbonyl (C=O) groups is 2. The van der Waals surface area contributed by atoms with Gasteiger partial charge in [-0.15, -0.1) is 0 Å². The normalized spacial score (nSPS) is 11.9. The molecule has 7 heteroatoms. The lowest BCUT2D eigenvalue weighted by molar-refractivity contribution is -0.146. The van der Waals surface area contributed by atoms with Crippen molar-refractivity contribution in [1.29, 1.82) is 0 Å². The van der Waals surface area contributed by atoms with Gasteiger partial charge in [-0.05, 0) is 12.1 Å². The highest BCUT2D eigenvalue weighted by Gasteiger charge is 2.15. The molecule has 0 radical (unpaired) electrons. The third-order valence-electron chi connectivity index (χ3n) is 2.89. The number of amides is 1. The standard InChI is InChI=1S/C14H15N3O4/c18-12(14(20)21)6-7-16-13(19)11-8-15-9-17(11)10-4-2-1-3-5-10/h1-5,8-9,12,18H,6-7H2,(H,16,19)(H,20,21)/t12-/m0/s1. The fourth-order valence-electron chi connectivity index (χ4n) is 1.79. The van der Waals surface area contributed by atoms with Crippen LogP contribution in [0.2, 0.25) is 0 Å². The highest BCUT2D eigenvalue weighted by molar-refractivity contribution is 5.93. The third-order valence-corrected chi connectivity index (χ3v) is 2.89. The number of benzene rings is 1. The first-order valence-electron chi connectivity index (χ1n) is 6.36. The minimum Gasteiger partial charge on any atom is -0.479 e. The summed E-state index contributed by atoms with van der Waals surface area (Å²) >= 11 is 0. The molecule has 1 aromatic carbocycles. The van der Waals surface area contributed by atoms with Gasteiger partial charge in [0, 0.05) is 18.7 Å². The maximum atomic E-state index is 12.1. The number of hydrogen-bond acceptors (Lipinski definition) is 4. The van der Waals surface area contributed by atoms with Gasteiger partial charge in [-0.3, -0.25) is 9.36 Å². The summed E-state index contributed by atoms with van der Waals surface area (Å²) in [4.78, 5) is 26.5. The van der Waals surface area contributed by atoms with Gasteiger partial charge in [0.2, 0.25) is 0 Å². The molecule has 0 saturated heterocycles. The van der Waals surface area contributed by atoms with E-state index in [0.29, 0.717) is 5.69 Å². The van der Waals surface area contributed by atoms with Crippen molar-refractivity contribution >= 4 is 11.9 Å². The summed E-state index contributed by atoms with van der Waals surface area (Å²) in [5.74, 6) is -1.69. The van der Waals surface area contributed by atoms with Gasteiger partial charge in [0.1, 0.15) is 5.69 Å². The number of carboxylic acids is 1. The zero-order chi connectivity index (χ0) is 15.2. The average molecular weight is 289 g/mol. The van der Waals surface area contributed by atoms with Gasteiger partial charge >= 0.3 is 5.97 Å². The fourth-order valence-corrected chi connectivity index (χ4v) is 1.79. The molecule has 0 bridgehead atoms. The lowest BCUT2D eigenvalue weighted by Gasteiger charge is -2.09. The van der Waals surface area contributed by atoms with E-state index in [-0.39, 0.29) is 18.9 Å². The number of aromatic nitrogens is 2. The van der Waals surface area contributed by atoms with Crippen molar-refractivity contribution in [2.24, 2.45) is 0 Å². The molecule has 1 amide bonds. The Labute approximate surface area is 120 Å². The zero-order valence-electron chi connectivity index (χ0n) is 11.1. The molecule has 1 atom stereocenters. The molecule has 1 aromatic heterocycles. The number of nitrogens with one attached hydrogen (secondary N) is 1. The highest BCUT2D eigenvalue weighted by atomic mass is 16.4. The molecule has 0 aliphatic rings. The molecule has 110 valence electrons. The molecule has 2 aromatic rings. The second-order valence-electron chi connectivity index (χ2n) is 4.38.